The minimum Gasteiger partial charge on any atom is -0.487 e. The topological polar surface area (TPSA) is 132 Å². The average Bonchev–Trinajstić information content (AvgIpc) is 4.19. The number of carbonyl (C=O) groups excluding carboxylic acids is 2. The first kappa shape index (κ1) is 59.3. The van der Waals surface area contributed by atoms with Crippen molar-refractivity contribution in [3.05, 3.63) is 71.3 Å². The maximum Gasteiger partial charge on any atom is 0.328 e. The van der Waals surface area contributed by atoms with Crippen LogP contribution in [0.25, 0.3) is 0 Å². The van der Waals surface area contributed by atoms with Crippen LogP contribution in [-0.4, -0.2) is 54.1 Å². The van der Waals surface area contributed by atoms with Gasteiger partial charge in [-0.05, 0) is 195 Å². The first-order valence-electron chi connectivity index (χ1n) is 33.2. The van der Waals surface area contributed by atoms with Crippen LogP contribution in [-0.2, 0) is 45.4 Å². The van der Waals surface area contributed by atoms with Crippen LogP contribution in [0.1, 0.15) is 222 Å². The van der Waals surface area contributed by atoms with E-state index in [-0.39, 0.29) is 61.3 Å². The standard InChI is InChI=1S/C70H104N6O6/c1-45(2)14-11-16-47(5)59-24-26-61-57-22-20-49-36-55(28-32-67(49,7)63(57)30-34-69(59,61)9)81-65(77)41-75-39-51(71-73-75)43-79-53-18-13-19-54(38-53)80-44-52-40-76(74-72-52)42-66(78)82-56-29-33-68(8)50(37-56)21-23-58-62-27-25-60(48(6)17-12-15-46(3)4)70(62,10)35-31-64(58)68/h13,18-21,38-40,45-48,55-64H,11-12,14-17,22-37,41-44H2,1-10H3/t47-,48-,55?,56?,57+,58+,59-,60-,61+,62+,63+,64+,67+,68+,69-,70-/m1/s1. The predicted octanol–water partition coefficient (Wildman–Crippen LogP) is 15.9. The summed E-state index contributed by atoms with van der Waals surface area (Å²) in [6, 6.07) is 7.41. The van der Waals surface area contributed by atoms with Crippen molar-refractivity contribution in [3.63, 3.8) is 0 Å². The zero-order valence-electron chi connectivity index (χ0n) is 52.2. The van der Waals surface area contributed by atoms with Gasteiger partial charge in [0.1, 0.15) is 61.4 Å². The molecule has 12 heteroatoms. The van der Waals surface area contributed by atoms with Crippen molar-refractivity contribution in [2.75, 3.05) is 0 Å². The Morgan fingerprint density at radius 3 is 1.43 bits per heavy atom. The van der Waals surface area contributed by atoms with E-state index in [2.05, 4.69) is 102 Å². The molecular weight excluding hydrogens is 1020 g/mol. The predicted molar refractivity (Wildman–Crippen MR) is 321 cm³/mol. The maximum absolute atomic E-state index is 13.4. The van der Waals surface area contributed by atoms with Crippen molar-refractivity contribution < 1.29 is 28.5 Å². The highest BCUT2D eigenvalue weighted by atomic mass is 16.5. The summed E-state index contributed by atoms with van der Waals surface area (Å²) < 4.78 is 27.6. The summed E-state index contributed by atoms with van der Waals surface area (Å²) >= 11 is 0. The molecule has 6 saturated carbocycles. The van der Waals surface area contributed by atoms with Crippen molar-refractivity contribution in [3.8, 4) is 11.5 Å². The van der Waals surface area contributed by atoms with Crippen LogP contribution in [0, 0.1) is 92.7 Å². The fourth-order valence-corrected chi connectivity index (χ4v) is 20.1. The molecule has 450 valence electrons. The van der Waals surface area contributed by atoms with Crippen LogP contribution in [0.3, 0.4) is 0 Å². The van der Waals surface area contributed by atoms with Crippen molar-refractivity contribution in [2.24, 2.45) is 92.7 Å². The highest BCUT2D eigenvalue weighted by Gasteiger charge is 2.61. The summed E-state index contributed by atoms with van der Waals surface area (Å²) in [6.45, 7) is 25.4. The molecule has 12 nitrogen and oxygen atoms in total. The average molecular weight is 1130 g/mol. The quantitative estimate of drug-likeness (QED) is 0.0707. The van der Waals surface area contributed by atoms with Gasteiger partial charge >= 0.3 is 11.9 Å². The highest BCUT2D eigenvalue weighted by molar-refractivity contribution is 5.69. The number of hydrogen-bond donors (Lipinski definition) is 0. The molecule has 0 aliphatic heterocycles. The normalized spacial score (nSPS) is 35.5. The third-order valence-electron chi connectivity index (χ3n) is 24.4. The van der Waals surface area contributed by atoms with E-state index in [1.54, 1.807) is 21.8 Å². The summed E-state index contributed by atoms with van der Waals surface area (Å²) in [4.78, 5) is 26.7. The lowest BCUT2D eigenvalue weighted by Gasteiger charge is -2.58. The number of rotatable bonds is 22. The number of benzene rings is 1. The zero-order valence-corrected chi connectivity index (χ0v) is 52.2. The Balaban J connectivity index is 0.594. The monoisotopic (exact) mass is 1120 g/mol. The van der Waals surface area contributed by atoms with E-state index in [0.717, 1.165) is 110 Å². The smallest absolute Gasteiger partial charge is 0.328 e. The molecule has 82 heavy (non-hydrogen) atoms. The van der Waals surface area contributed by atoms with Gasteiger partial charge < -0.3 is 18.9 Å². The third kappa shape index (κ3) is 12.2. The van der Waals surface area contributed by atoms with E-state index in [0.29, 0.717) is 33.7 Å². The lowest BCUT2D eigenvalue weighted by molar-refractivity contribution is -0.153. The largest absolute Gasteiger partial charge is 0.487 e. The van der Waals surface area contributed by atoms with Gasteiger partial charge in [-0.15, -0.1) is 10.2 Å². The molecule has 1 aromatic carbocycles. The Hall–Kier alpha value is -4.48. The van der Waals surface area contributed by atoms with E-state index in [4.69, 9.17) is 18.9 Å². The van der Waals surface area contributed by atoms with Gasteiger partial charge in [-0.3, -0.25) is 9.59 Å². The van der Waals surface area contributed by atoms with E-state index < -0.39 is 0 Å². The fourth-order valence-electron chi connectivity index (χ4n) is 20.1. The molecule has 2 unspecified atom stereocenters. The van der Waals surface area contributed by atoms with Gasteiger partial charge in [0.05, 0.1) is 12.4 Å². The van der Waals surface area contributed by atoms with Gasteiger partial charge in [0.25, 0.3) is 0 Å². The number of ether oxygens (including phenoxy) is 4. The molecule has 0 radical (unpaired) electrons. The Bertz CT molecular complexity index is 2580. The molecule has 2 heterocycles. The Morgan fingerprint density at radius 2 is 1.00 bits per heavy atom. The Labute approximate surface area is 492 Å². The van der Waals surface area contributed by atoms with Crippen LogP contribution in [0.15, 0.2) is 60.0 Å². The summed E-state index contributed by atoms with van der Waals surface area (Å²) in [6.07, 6.45) is 35.8. The maximum atomic E-state index is 13.4. The van der Waals surface area contributed by atoms with Gasteiger partial charge in [0, 0.05) is 18.9 Å². The van der Waals surface area contributed by atoms with Crippen molar-refractivity contribution in [1.29, 1.82) is 0 Å². The van der Waals surface area contributed by atoms with E-state index in [9.17, 15) is 9.59 Å². The molecular formula is C70H104N6O6. The van der Waals surface area contributed by atoms with Crippen LogP contribution >= 0.6 is 0 Å². The van der Waals surface area contributed by atoms with E-state index in [1.807, 2.05) is 24.3 Å². The lowest BCUT2D eigenvalue weighted by Crippen LogP contribution is -2.51. The number of nitrogens with zero attached hydrogens (tertiary/aromatic N) is 6. The molecule has 0 amide bonds. The summed E-state index contributed by atoms with van der Waals surface area (Å²) in [5.74, 6) is 10.4. The second-order valence-electron chi connectivity index (χ2n) is 30.2. The first-order valence-corrected chi connectivity index (χ1v) is 33.2. The van der Waals surface area contributed by atoms with Gasteiger partial charge in [0.2, 0.25) is 0 Å². The number of esters is 2. The summed E-state index contributed by atoms with van der Waals surface area (Å²) in [5.41, 5.74) is 5.66. The third-order valence-corrected chi connectivity index (χ3v) is 24.4. The van der Waals surface area contributed by atoms with E-state index >= 15 is 0 Å². The molecule has 0 N–H and O–H groups in total. The molecule has 0 bridgehead atoms. The zero-order chi connectivity index (χ0) is 57.6. The number of allylic oxidation sites excluding steroid dienone is 2. The van der Waals surface area contributed by atoms with Crippen LogP contribution in [0.4, 0.5) is 0 Å². The van der Waals surface area contributed by atoms with Gasteiger partial charge in [-0.1, -0.05) is 148 Å². The molecule has 0 saturated heterocycles. The molecule has 2 aromatic heterocycles. The van der Waals surface area contributed by atoms with Crippen LogP contribution < -0.4 is 9.47 Å². The highest BCUT2D eigenvalue weighted by Crippen LogP contribution is 2.69. The minimum absolute atomic E-state index is 0.00902. The summed E-state index contributed by atoms with van der Waals surface area (Å²) in [7, 11) is 0. The molecule has 8 aliphatic carbocycles. The van der Waals surface area contributed by atoms with Crippen LogP contribution in [0.2, 0.25) is 0 Å². The number of hydrogen-bond acceptors (Lipinski definition) is 10. The van der Waals surface area contributed by atoms with Crippen molar-refractivity contribution in [2.45, 2.75) is 249 Å². The first-order chi connectivity index (χ1) is 39.3. The van der Waals surface area contributed by atoms with Crippen LogP contribution in [0.5, 0.6) is 11.5 Å². The van der Waals surface area contributed by atoms with Crippen molar-refractivity contribution >= 4 is 11.9 Å². The number of aromatic nitrogens is 6. The number of fused-ring (bicyclic) bond motifs is 10. The van der Waals surface area contributed by atoms with Gasteiger partial charge in [-0.25, -0.2) is 9.36 Å². The molecule has 3 aromatic rings. The number of carbonyl (C=O) groups is 2. The molecule has 11 rings (SSSR count). The second kappa shape index (κ2) is 24.5. The van der Waals surface area contributed by atoms with Crippen molar-refractivity contribution in [1.82, 2.24) is 30.0 Å². The Kier molecular flexibility index (Phi) is 17.7. The van der Waals surface area contributed by atoms with E-state index in [1.165, 1.54) is 114 Å². The minimum atomic E-state index is -0.277. The molecule has 0 spiro atoms. The summed E-state index contributed by atoms with van der Waals surface area (Å²) in [5, 5.41) is 17.1. The second-order valence-corrected chi connectivity index (χ2v) is 30.2. The Morgan fingerprint density at radius 1 is 0.561 bits per heavy atom. The SMILES string of the molecule is CC(C)CCC[C@@H](C)[C@H]1CC[C@H]2[C@@H]3CC=C4CC(OC(=O)Cn5cc(COc6cccc(OCc7cn(CC(=O)OC8CC[C@@]9(C)C(=CC[C@H]%10[C@@H]%11CC[C@H]([C@H](C)CCCC(C)C)[C@@]%11(C)CC[C@@H]%109)C8)nn7)c6)nn5)CC[C@]4(C)[C@H]3CC[C@]12C. The molecule has 8 aliphatic rings. The molecule has 6 fully saturated rings. The molecule has 16 atom stereocenters. The lowest BCUT2D eigenvalue weighted by atomic mass is 9.47. The fraction of sp³-hybridized carbons (Fsp3) is 0.771. The van der Waals surface area contributed by atoms with Gasteiger partial charge in [0.15, 0.2) is 0 Å². The van der Waals surface area contributed by atoms with Gasteiger partial charge in [-0.2, -0.15) is 0 Å².